The molecule has 0 saturated heterocycles. The van der Waals surface area contributed by atoms with Crippen LogP contribution in [-0.4, -0.2) is 5.88 Å². The molecule has 0 N–H and O–H groups in total. The van der Waals surface area contributed by atoms with Crippen molar-refractivity contribution in [3.63, 3.8) is 0 Å². The van der Waals surface area contributed by atoms with Crippen molar-refractivity contribution in [1.82, 2.24) is 0 Å². The Hall–Kier alpha value is -0.590. The standard InChI is InChI=1S/C12H17Cl/c1-2-3-4-5-6-7-8-9-10-11-12-13/h2-6,9,12H2,1H3. The maximum atomic E-state index is 5.38. The Morgan fingerprint density at radius 2 is 1.69 bits per heavy atom. The molecule has 0 atom stereocenters. The third kappa shape index (κ3) is 11.4. The first-order valence-corrected chi connectivity index (χ1v) is 5.42. The minimum Gasteiger partial charge on any atom is -0.113 e. The summed E-state index contributed by atoms with van der Waals surface area (Å²) in [4.78, 5) is 0. The van der Waals surface area contributed by atoms with Crippen LogP contribution in [0.25, 0.3) is 0 Å². The number of hydrogen-bond donors (Lipinski definition) is 0. The van der Waals surface area contributed by atoms with E-state index in [1.807, 2.05) is 0 Å². The summed E-state index contributed by atoms with van der Waals surface area (Å²) in [6.07, 6.45) is 6.83. The van der Waals surface area contributed by atoms with Crippen molar-refractivity contribution in [3.05, 3.63) is 0 Å². The van der Waals surface area contributed by atoms with Gasteiger partial charge < -0.3 is 0 Å². The molecule has 0 nitrogen and oxygen atoms in total. The van der Waals surface area contributed by atoms with Gasteiger partial charge >= 0.3 is 0 Å². The molecule has 0 saturated carbocycles. The van der Waals surface area contributed by atoms with Crippen molar-refractivity contribution in [3.8, 4) is 23.7 Å². The highest BCUT2D eigenvalue weighted by atomic mass is 35.5. The van der Waals surface area contributed by atoms with Crippen molar-refractivity contribution in [2.24, 2.45) is 0 Å². The summed E-state index contributed by atoms with van der Waals surface area (Å²) in [6.45, 7) is 2.22. The van der Waals surface area contributed by atoms with Crippen LogP contribution in [0.15, 0.2) is 0 Å². The maximum Gasteiger partial charge on any atom is 0.0835 e. The van der Waals surface area contributed by atoms with Crippen molar-refractivity contribution in [2.75, 3.05) is 5.88 Å². The minimum atomic E-state index is 0.415. The topological polar surface area (TPSA) is 0 Å². The molecule has 0 radical (unpaired) electrons. The average molecular weight is 197 g/mol. The second-order valence-electron chi connectivity index (χ2n) is 2.83. The summed E-state index contributed by atoms with van der Waals surface area (Å²) in [7, 11) is 0. The molecule has 0 heterocycles. The highest BCUT2D eigenvalue weighted by Crippen LogP contribution is 2.00. The van der Waals surface area contributed by atoms with Gasteiger partial charge in [-0.25, -0.2) is 0 Å². The van der Waals surface area contributed by atoms with Gasteiger partial charge in [0.25, 0.3) is 0 Å². The summed E-state index contributed by atoms with van der Waals surface area (Å²) >= 11 is 5.38. The predicted molar refractivity (Wildman–Crippen MR) is 59.6 cm³/mol. The minimum absolute atomic E-state index is 0.415. The summed E-state index contributed by atoms with van der Waals surface area (Å²) in [5, 5.41) is 0. The SMILES string of the molecule is CCCCCCC#CCC#CCCl. The van der Waals surface area contributed by atoms with Gasteiger partial charge in [-0.2, -0.15) is 0 Å². The van der Waals surface area contributed by atoms with Gasteiger partial charge in [-0.05, 0) is 6.42 Å². The van der Waals surface area contributed by atoms with Crippen LogP contribution in [0.1, 0.15) is 45.4 Å². The van der Waals surface area contributed by atoms with Crippen molar-refractivity contribution in [1.29, 1.82) is 0 Å². The van der Waals surface area contributed by atoms with Crippen LogP contribution in [0, 0.1) is 23.7 Å². The van der Waals surface area contributed by atoms with Crippen LogP contribution in [0.4, 0.5) is 0 Å². The normalized spacial score (nSPS) is 8.15. The highest BCUT2D eigenvalue weighted by molar-refractivity contribution is 6.19. The van der Waals surface area contributed by atoms with E-state index < -0.39 is 0 Å². The molecule has 0 amide bonds. The molecule has 0 aromatic heterocycles. The number of rotatable bonds is 4. The predicted octanol–water partition coefficient (Wildman–Crippen LogP) is 3.59. The summed E-state index contributed by atoms with van der Waals surface area (Å²) < 4.78 is 0. The second-order valence-corrected chi connectivity index (χ2v) is 3.10. The van der Waals surface area contributed by atoms with Crippen LogP contribution in [0.3, 0.4) is 0 Å². The van der Waals surface area contributed by atoms with Crippen LogP contribution < -0.4 is 0 Å². The summed E-state index contributed by atoms with van der Waals surface area (Å²) in [5.41, 5.74) is 0. The molecule has 0 aromatic rings. The lowest BCUT2D eigenvalue weighted by molar-refractivity contribution is 0.679. The maximum absolute atomic E-state index is 5.38. The van der Waals surface area contributed by atoms with E-state index in [-0.39, 0.29) is 0 Å². The smallest absolute Gasteiger partial charge is 0.0835 e. The zero-order chi connectivity index (χ0) is 9.78. The van der Waals surface area contributed by atoms with Crippen LogP contribution in [0.5, 0.6) is 0 Å². The van der Waals surface area contributed by atoms with E-state index in [9.17, 15) is 0 Å². The fraction of sp³-hybridized carbons (Fsp3) is 0.667. The molecular weight excluding hydrogens is 180 g/mol. The van der Waals surface area contributed by atoms with E-state index in [0.717, 1.165) is 6.42 Å². The first-order valence-electron chi connectivity index (χ1n) is 4.89. The Morgan fingerprint density at radius 3 is 2.38 bits per heavy atom. The summed E-state index contributed by atoms with van der Waals surface area (Å²) in [6, 6.07) is 0. The quantitative estimate of drug-likeness (QED) is 0.366. The van der Waals surface area contributed by atoms with Crippen molar-refractivity contribution >= 4 is 11.6 Å². The Bertz CT molecular complexity index is 209. The number of halogens is 1. The molecule has 1 heteroatoms. The van der Waals surface area contributed by atoms with Crippen LogP contribution >= 0.6 is 11.6 Å². The number of unbranched alkanes of at least 4 members (excludes halogenated alkanes) is 4. The molecule has 0 aromatic carbocycles. The van der Waals surface area contributed by atoms with E-state index in [0.29, 0.717) is 12.3 Å². The van der Waals surface area contributed by atoms with Gasteiger partial charge in [0.15, 0.2) is 0 Å². The fourth-order valence-electron chi connectivity index (χ4n) is 0.945. The molecule has 0 fully saturated rings. The molecule has 13 heavy (non-hydrogen) atoms. The van der Waals surface area contributed by atoms with Crippen molar-refractivity contribution in [2.45, 2.75) is 45.4 Å². The third-order valence-corrected chi connectivity index (χ3v) is 1.78. The van der Waals surface area contributed by atoms with E-state index in [4.69, 9.17) is 11.6 Å². The highest BCUT2D eigenvalue weighted by Gasteiger charge is 1.82. The van der Waals surface area contributed by atoms with Gasteiger partial charge in [-0.3, -0.25) is 0 Å². The van der Waals surface area contributed by atoms with Crippen LogP contribution in [0.2, 0.25) is 0 Å². The molecule has 0 spiro atoms. The molecule has 0 rings (SSSR count). The van der Waals surface area contributed by atoms with Gasteiger partial charge in [0.2, 0.25) is 0 Å². The van der Waals surface area contributed by atoms with Gasteiger partial charge in [0.05, 0.1) is 12.3 Å². The van der Waals surface area contributed by atoms with Crippen molar-refractivity contribution < 1.29 is 0 Å². The lowest BCUT2D eigenvalue weighted by Gasteiger charge is -1.91. The monoisotopic (exact) mass is 196 g/mol. The Balaban J connectivity index is 3.20. The largest absolute Gasteiger partial charge is 0.113 e. The molecule has 0 aliphatic rings. The number of alkyl halides is 1. The van der Waals surface area contributed by atoms with Gasteiger partial charge in [0, 0.05) is 6.42 Å². The zero-order valence-electron chi connectivity index (χ0n) is 8.33. The van der Waals surface area contributed by atoms with Gasteiger partial charge in [0.1, 0.15) is 0 Å². The Morgan fingerprint density at radius 1 is 0.923 bits per heavy atom. The zero-order valence-corrected chi connectivity index (χ0v) is 9.08. The van der Waals surface area contributed by atoms with E-state index in [2.05, 4.69) is 30.6 Å². The fourth-order valence-corrected chi connectivity index (χ4v) is 1.04. The van der Waals surface area contributed by atoms with E-state index >= 15 is 0 Å². The molecular formula is C12H17Cl. The Labute approximate surface area is 87.1 Å². The average Bonchev–Trinajstić information content (AvgIpc) is 2.16. The third-order valence-electron chi connectivity index (χ3n) is 1.65. The first-order chi connectivity index (χ1) is 6.41. The molecule has 0 unspecified atom stereocenters. The van der Waals surface area contributed by atoms with Gasteiger partial charge in [-0.15, -0.1) is 17.5 Å². The lowest BCUT2D eigenvalue weighted by Crippen LogP contribution is -1.73. The molecule has 0 bridgehead atoms. The van der Waals surface area contributed by atoms with Gasteiger partial charge in [-0.1, -0.05) is 43.9 Å². The van der Waals surface area contributed by atoms with Crippen LogP contribution in [-0.2, 0) is 0 Å². The lowest BCUT2D eigenvalue weighted by atomic mass is 10.1. The van der Waals surface area contributed by atoms with E-state index in [1.54, 1.807) is 0 Å². The Kier molecular flexibility index (Phi) is 10.9. The molecule has 0 aliphatic carbocycles. The second kappa shape index (κ2) is 11.4. The van der Waals surface area contributed by atoms with E-state index in [1.165, 1.54) is 25.7 Å². The number of hydrogen-bond acceptors (Lipinski definition) is 0. The molecule has 0 aliphatic heterocycles. The molecule has 72 valence electrons. The first kappa shape index (κ1) is 12.4. The summed E-state index contributed by atoms with van der Waals surface area (Å²) in [5.74, 6) is 12.2.